The average Bonchev–Trinajstić information content (AvgIpc) is 3.22. The number of allylic oxidation sites excluding steroid dienone is 3. The fraction of sp³-hybridized carbons (Fsp3) is 0.625. The smallest absolute Gasteiger partial charge is 0.115 e. The fourth-order valence-corrected chi connectivity index (χ4v) is 7.58. The molecule has 36 heavy (non-hydrogen) atoms. The van der Waals surface area contributed by atoms with Gasteiger partial charge in [0, 0.05) is 7.11 Å². The third-order valence-corrected chi connectivity index (χ3v) is 9.70. The normalized spacial score (nSPS) is 33.4. The summed E-state index contributed by atoms with van der Waals surface area (Å²) in [5, 5.41) is 30.0. The molecule has 3 N–H and O–H groups in total. The van der Waals surface area contributed by atoms with E-state index < -0.39 is 12.2 Å². The largest absolute Gasteiger partial charge is 0.508 e. The number of rotatable bonds is 8. The second kappa shape index (κ2) is 11.7. The van der Waals surface area contributed by atoms with Gasteiger partial charge in [0.25, 0.3) is 0 Å². The minimum atomic E-state index is -0.626. The molecule has 3 aliphatic rings. The predicted molar refractivity (Wildman–Crippen MR) is 146 cm³/mol. The van der Waals surface area contributed by atoms with Crippen molar-refractivity contribution in [2.75, 3.05) is 7.11 Å². The molecule has 0 amide bonds. The standard InChI is InChI=1S/C32H46O4/c1-21(7-5-9-31(36-4)25-12-14-26(33)15-13-25)27-16-17-28-24(8-6-18-32(27,28)3)11-10-23-19-29(34)22(2)30(35)20-23/h10-15,21,27-31,33-35H,2,5-9,16-20H2,1,3-4H3/b24-11+/t21-,27-,28+,29-,30-,31-,32-/m1/s1. The first-order valence-electron chi connectivity index (χ1n) is 14.0. The molecule has 1 aromatic carbocycles. The number of fused-ring (bicyclic) bond motifs is 1. The van der Waals surface area contributed by atoms with E-state index in [0.29, 0.717) is 41.4 Å². The number of phenols is 1. The van der Waals surface area contributed by atoms with Crippen molar-refractivity contribution in [1.29, 1.82) is 0 Å². The van der Waals surface area contributed by atoms with Crippen LogP contribution in [0.2, 0.25) is 0 Å². The van der Waals surface area contributed by atoms with Gasteiger partial charge in [0.15, 0.2) is 0 Å². The maximum atomic E-state index is 10.2. The summed E-state index contributed by atoms with van der Waals surface area (Å²) in [5.41, 5.74) is 4.75. The van der Waals surface area contributed by atoms with Gasteiger partial charge in [-0.15, -0.1) is 0 Å². The van der Waals surface area contributed by atoms with Crippen LogP contribution in [0.5, 0.6) is 5.75 Å². The third kappa shape index (κ3) is 5.82. The Hall–Kier alpha value is -1.88. The molecule has 0 saturated heterocycles. The molecule has 0 unspecified atom stereocenters. The monoisotopic (exact) mass is 494 g/mol. The number of aromatic hydroxyl groups is 1. The number of phenolic OH excluding ortho intramolecular Hbond substituents is 1. The van der Waals surface area contributed by atoms with Crippen molar-refractivity contribution in [3.8, 4) is 5.75 Å². The van der Waals surface area contributed by atoms with E-state index in [1.807, 2.05) is 12.1 Å². The van der Waals surface area contributed by atoms with Gasteiger partial charge in [-0.2, -0.15) is 0 Å². The quantitative estimate of drug-likeness (QED) is 0.339. The van der Waals surface area contributed by atoms with Crippen LogP contribution in [0.4, 0.5) is 0 Å². The van der Waals surface area contributed by atoms with E-state index in [2.05, 4.69) is 32.6 Å². The van der Waals surface area contributed by atoms with Gasteiger partial charge < -0.3 is 20.1 Å². The lowest BCUT2D eigenvalue weighted by Gasteiger charge is -2.44. The molecule has 4 heteroatoms. The van der Waals surface area contributed by atoms with Gasteiger partial charge in [-0.05, 0) is 97.8 Å². The summed E-state index contributed by atoms with van der Waals surface area (Å²) in [5.74, 6) is 2.37. The molecular formula is C32H46O4. The third-order valence-electron chi connectivity index (χ3n) is 9.70. The van der Waals surface area contributed by atoms with Gasteiger partial charge in [0.05, 0.1) is 18.3 Å². The van der Waals surface area contributed by atoms with Crippen LogP contribution in [0.3, 0.4) is 0 Å². The molecule has 198 valence electrons. The van der Waals surface area contributed by atoms with Crippen molar-refractivity contribution in [3.63, 3.8) is 0 Å². The lowest BCUT2D eigenvalue weighted by Crippen LogP contribution is -2.36. The lowest BCUT2D eigenvalue weighted by atomic mass is 9.60. The Balaban J connectivity index is 1.36. The molecule has 0 spiro atoms. The average molecular weight is 495 g/mol. The first kappa shape index (κ1) is 27.2. The molecule has 4 rings (SSSR count). The van der Waals surface area contributed by atoms with Gasteiger partial charge >= 0.3 is 0 Å². The number of methoxy groups -OCH3 is 1. The van der Waals surface area contributed by atoms with Crippen LogP contribution in [-0.4, -0.2) is 34.6 Å². The van der Waals surface area contributed by atoms with Crippen LogP contribution >= 0.6 is 0 Å². The van der Waals surface area contributed by atoms with Crippen molar-refractivity contribution in [3.05, 3.63) is 65.3 Å². The Morgan fingerprint density at radius 2 is 1.78 bits per heavy atom. The minimum Gasteiger partial charge on any atom is -0.508 e. The second-order valence-electron chi connectivity index (χ2n) is 11.9. The summed E-state index contributed by atoms with van der Waals surface area (Å²) in [4.78, 5) is 0. The van der Waals surface area contributed by atoms with Crippen molar-refractivity contribution in [1.82, 2.24) is 0 Å². The summed E-state index contributed by atoms with van der Waals surface area (Å²) in [7, 11) is 1.78. The highest BCUT2D eigenvalue weighted by Gasteiger charge is 2.50. The van der Waals surface area contributed by atoms with Crippen LogP contribution in [0.1, 0.15) is 89.7 Å². The number of benzene rings is 1. The molecule has 0 aromatic heterocycles. The lowest BCUT2D eigenvalue weighted by molar-refractivity contribution is 0.0780. The van der Waals surface area contributed by atoms with E-state index in [1.54, 1.807) is 24.8 Å². The SMILES string of the molecule is C=C1[C@H](O)CC(=C/C=C2\CCC[C@]3(C)[C@@H]([C@H](C)CCC[C@@H](OC)c4ccc(O)cc4)CC[C@@H]23)C[C@H]1O. The van der Waals surface area contributed by atoms with E-state index in [4.69, 9.17) is 4.74 Å². The molecule has 1 aromatic rings. The van der Waals surface area contributed by atoms with Crippen molar-refractivity contribution in [2.24, 2.45) is 23.2 Å². The summed E-state index contributed by atoms with van der Waals surface area (Å²) < 4.78 is 5.77. The molecule has 0 heterocycles. The molecule has 3 aliphatic carbocycles. The summed E-state index contributed by atoms with van der Waals surface area (Å²) in [6.45, 7) is 8.83. The highest BCUT2D eigenvalue weighted by atomic mass is 16.5. The Bertz CT molecular complexity index is 945. The van der Waals surface area contributed by atoms with Crippen LogP contribution < -0.4 is 0 Å². The topological polar surface area (TPSA) is 69.9 Å². The van der Waals surface area contributed by atoms with E-state index in [1.165, 1.54) is 38.5 Å². The zero-order valence-corrected chi connectivity index (χ0v) is 22.5. The Kier molecular flexibility index (Phi) is 8.80. The van der Waals surface area contributed by atoms with Crippen LogP contribution in [-0.2, 0) is 4.74 Å². The highest BCUT2D eigenvalue weighted by Crippen LogP contribution is 2.60. The Labute approximate surface area is 217 Å². The first-order valence-corrected chi connectivity index (χ1v) is 14.0. The Morgan fingerprint density at radius 3 is 2.44 bits per heavy atom. The number of hydrogen-bond acceptors (Lipinski definition) is 4. The molecular weight excluding hydrogens is 448 g/mol. The molecule has 3 saturated carbocycles. The van der Waals surface area contributed by atoms with Crippen LogP contribution in [0.15, 0.2) is 59.7 Å². The van der Waals surface area contributed by atoms with Crippen LogP contribution in [0, 0.1) is 23.2 Å². The summed E-state index contributed by atoms with van der Waals surface area (Å²) in [6, 6.07) is 7.41. The van der Waals surface area contributed by atoms with Gasteiger partial charge in [0.2, 0.25) is 0 Å². The zero-order chi connectivity index (χ0) is 25.9. The maximum absolute atomic E-state index is 10.2. The van der Waals surface area contributed by atoms with Gasteiger partial charge in [-0.1, -0.05) is 68.7 Å². The van der Waals surface area contributed by atoms with E-state index >= 15 is 0 Å². The number of hydrogen-bond donors (Lipinski definition) is 3. The number of ether oxygens (including phenoxy) is 1. The van der Waals surface area contributed by atoms with E-state index in [0.717, 1.165) is 29.9 Å². The van der Waals surface area contributed by atoms with Gasteiger partial charge in [0.1, 0.15) is 5.75 Å². The molecule has 0 radical (unpaired) electrons. The van der Waals surface area contributed by atoms with Gasteiger partial charge in [-0.3, -0.25) is 0 Å². The van der Waals surface area contributed by atoms with Crippen LogP contribution in [0.25, 0.3) is 0 Å². The van der Waals surface area contributed by atoms with Crippen molar-refractivity contribution < 1.29 is 20.1 Å². The molecule has 7 atom stereocenters. The first-order chi connectivity index (χ1) is 17.2. The second-order valence-corrected chi connectivity index (χ2v) is 11.9. The van der Waals surface area contributed by atoms with E-state index in [9.17, 15) is 15.3 Å². The summed E-state index contributed by atoms with van der Waals surface area (Å²) >= 11 is 0. The number of aliphatic hydroxyl groups excluding tert-OH is 2. The predicted octanol–water partition coefficient (Wildman–Crippen LogP) is 7.03. The van der Waals surface area contributed by atoms with Crippen molar-refractivity contribution in [2.45, 2.75) is 96.4 Å². The molecule has 0 aliphatic heterocycles. The number of aliphatic hydroxyl groups is 2. The molecule has 3 fully saturated rings. The highest BCUT2D eigenvalue weighted by molar-refractivity contribution is 5.30. The molecule has 4 nitrogen and oxygen atoms in total. The van der Waals surface area contributed by atoms with Crippen molar-refractivity contribution >= 4 is 0 Å². The minimum absolute atomic E-state index is 0.0796. The summed E-state index contributed by atoms with van der Waals surface area (Å²) in [6.07, 6.45) is 14.2. The zero-order valence-electron chi connectivity index (χ0n) is 22.5. The maximum Gasteiger partial charge on any atom is 0.115 e. The Morgan fingerprint density at radius 1 is 1.08 bits per heavy atom. The van der Waals surface area contributed by atoms with E-state index in [-0.39, 0.29) is 6.10 Å². The fourth-order valence-electron chi connectivity index (χ4n) is 7.58. The van der Waals surface area contributed by atoms with Gasteiger partial charge in [-0.25, -0.2) is 0 Å². The molecule has 0 bridgehead atoms.